The molecule has 1 aliphatic rings. The van der Waals surface area contributed by atoms with Crippen molar-refractivity contribution in [2.75, 3.05) is 26.7 Å². The molecule has 2 aromatic heterocycles. The molecule has 41 heavy (non-hydrogen) atoms. The summed E-state index contributed by atoms with van der Waals surface area (Å²) < 4.78 is 25.2. The van der Waals surface area contributed by atoms with Crippen molar-refractivity contribution in [2.45, 2.75) is 65.0 Å². The Bertz CT molecular complexity index is 1530. The first-order valence-electron chi connectivity index (χ1n) is 13.3. The maximum absolute atomic E-state index is 14.2. The SMILES string of the molecule is COC(=O)C(C)(C)NC(=O)N1CCN(C(=O)c2cc3nc(-c4ccc(Cl)c(F)c4)cc(C(C)(C)C)c3o2)C(C)(C)C1. The number of benzene rings is 1. The molecule has 1 aliphatic heterocycles. The van der Waals surface area contributed by atoms with Gasteiger partial charge in [-0.3, -0.25) is 4.79 Å². The first kappa shape index (κ1) is 30.3. The van der Waals surface area contributed by atoms with E-state index in [1.807, 2.05) is 40.7 Å². The lowest BCUT2D eigenvalue weighted by Gasteiger charge is -2.47. The Labute approximate surface area is 244 Å². The predicted molar refractivity (Wildman–Crippen MR) is 154 cm³/mol. The third-order valence-corrected chi connectivity index (χ3v) is 7.57. The summed E-state index contributed by atoms with van der Waals surface area (Å²) in [6, 6.07) is 7.55. The Morgan fingerprint density at radius 3 is 2.37 bits per heavy atom. The maximum atomic E-state index is 14.2. The van der Waals surface area contributed by atoms with E-state index in [9.17, 15) is 18.8 Å². The summed E-state index contributed by atoms with van der Waals surface area (Å²) in [6.45, 7) is 13.7. The summed E-state index contributed by atoms with van der Waals surface area (Å²) >= 11 is 5.88. The van der Waals surface area contributed by atoms with Gasteiger partial charge in [0, 0.05) is 36.8 Å². The van der Waals surface area contributed by atoms with Crippen molar-refractivity contribution in [3.05, 3.63) is 52.5 Å². The normalized spacial score (nSPS) is 15.7. The molecule has 0 radical (unpaired) electrons. The van der Waals surface area contributed by atoms with Crippen LogP contribution < -0.4 is 5.32 Å². The summed E-state index contributed by atoms with van der Waals surface area (Å²) in [5.41, 5.74) is 0.563. The predicted octanol–water partition coefficient (Wildman–Crippen LogP) is 5.78. The van der Waals surface area contributed by atoms with E-state index < -0.39 is 28.9 Å². The molecule has 3 aromatic rings. The number of nitrogens with zero attached hydrogens (tertiary/aromatic N) is 3. The lowest BCUT2D eigenvalue weighted by Crippen LogP contribution is -2.65. The van der Waals surface area contributed by atoms with Crippen LogP contribution in [0.1, 0.15) is 64.6 Å². The number of halogens is 2. The van der Waals surface area contributed by atoms with E-state index in [1.54, 1.807) is 35.8 Å². The van der Waals surface area contributed by atoms with Crippen LogP contribution in [-0.2, 0) is 14.9 Å². The van der Waals surface area contributed by atoms with Crippen LogP contribution in [0, 0.1) is 5.82 Å². The molecule has 3 amide bonds. The van der Waals surface area contributed by atoms with Gasteiger partial charge >= 0.3 is 12.0 Å². The Kier molecular flexibility index (Phi) is 7.86. The molecular formula is C30H36ClFN4O5. The number of rotatable bonds is 4. The first-order chi connectivity index (χ1) is 18.9. The van der Waals surface area contributed by atoms with Crippen LogP contribution in [-0.4, -0.2) is 70.5 Å². The summed E-state index contributed by atoms with van der Waals surface area (Å²) in [5.74, 6) is -1.32. The molecule has 4 rings (SSSR count). The zero-order chi connectivity index (χ0) is 30.5. The van der Waals surface area contributed by atoms with Crippen LogP contribution in [0.25, 0.3) is 22.4 Å². The van der Waals surface area contributed by atoms with Crippen LogP contribution in [0.15, 0.2) is 34.7 Å². The van der Waals surface area contributed by atoms with E-state index in [0.29, 0.717) is 22.4 Å². The van der Waals surface area contributed by atoms with Gasteiger partial charge in [0.05, 0.1) is 23.4 Å². The minimum atomic E-state index is -1.20. The van der Waals surface area contributed by atoms with Gasteiger partial charge in [0.25, 0.3) is 5.91 Å². The van der Waals surface area contributed by atoms with Gasteiger partial charge in [-0.1, -0.05) is 38.4 Å². The Morgan fingerprint density at radius 2 is 1.78 bits per heavy atom. The zero-order valence-corrected chi connectivity index (χ0v) is 25.4. The molecule has 220 valence electrons. The molecular weight excluding hydrogens is 551 g/mol. The van der Waals surface area contributed by atoms with E-state index in [4.69, 9.17) is 25.7 Å². The van der Waals surface area contributed by atoms with Gasteiger partial charge in [0.15, 0.2) is 11.3 Å². The third-order valence-electron chi connectivity index (χ3n) is 7.26. The van der Waals surface area contributed by atoms with E-state index in [0.717, 1.165) is 5.56 Å². The summed E-state index contributed by atoms with van der Waals surface area (Å²) in [7, 11) is 1.26. The molecule has 0 unspecified atom stereocenters. The molecule has 11 heteroatoms. The van der Waals surface area contributed by atoms with Gasteiger partial charge in [-0.2, -0.15) is 0 Å². The van der Waals surface area contributed by atoms with Crippen LogP contribution in [0.5, 0.6) is 0 Å². The quantitative estimate of drug-likeness (QED) is 0.388. The Hall–Kier alpha value is -3.66. The standard InChI is InChI=1S/C30H36ClFN4O5/c1-28(2,3)18-14-21(17-9-10-19(31)20(32)13-17)33-22-15-23(41-24(18)22)25(37)36-12-11-35(16-29(36,4)5)27(39)34-30(6,7)26(38)40-8/h9-10,13-15H,11-12,16H2,1-8H3,(H,34,39). The highest BCUT2D eigenvalue weighted by Gasteiger charge is 2.41. The molecule has 0 spiro atoms. The van der Waals surface area contributed by atoms with Crippen molar-refractivity contribution in [1.82, 2.24) is 20.1 Å². The van der Waals surface area contributed by atoms with Crippen molar-refractivity contribution in [2.24, 2.45) is 0 Å². The number of aromatic nitrogens is 1. The molecule has 1 aromatic carbocycles. The topological polar surface area (TPSA) is 105 Å². The van der Waals surface area contributed by atoms with Gasteiger partial charge in [-0.05, 0) is 51.3 Å². The number of carbonyl (C=O) groups is 3. The van der Waals surface area contributed by atoms with Gasteiger partial charge < -0.3 is 24.3 Å². The molecule has 0 bridgehead atoms. The highest BCUT2D eigenvalue weighted by Crippen LogP contribution is 2.36. The van der Waals surface area contributed by atoms with Gasteiger partial charge in [0.1, 0.15) is 16.9 Å². The number of amides is 3. The number of hydrogen-bond donors (Lipinski definition) is 1. The smallest absolute Gasteiger partial charge is 0.331 e. The molecule has 0 aliphatic carbocycles. The lowest BCUT2D eigenvalue weighted by molar-refractivity contribution is -0.146. The number of ether oxygens (including phenoxy) is 1. The monoisotopic (exact) mass is 586 g/mol. The lowest BCUT2D eigenvalue weighted by atomic mass is 9.86. The average Bonchev–Trinajstić information content (AvgIpc) is 3.31. The van der Waals surface area contributed by atoms with Gasteiger partial charge in [-0.15, -0.1) is 0 Å². The minimum Gasteiger partial charge on any atom is -0.467 e. The van der Waals surface area contributed by atoms with Crippen molar-refractivity contribution in [3.8, 4) is 11.3 Å². The number of pyridine rings is 1. The molecule has 1 fully saturated rings. The second-order valence-corrected chi connectivity index (χ2v) is 12.9. The van der Waals surface area contributed by atoms with E-state index in [1.165, 1.54) is 19.2 Å². The molecule has 0 saturated carbocycles. The first-order valence-corrected chi connectivity index (χ1v) is 13.7. The maximum Gasteiger partial charge on any atom is 0.331 e. The van der Waals surface area contributed by atoms with Crippen molar-refractivity contribution < 1.29 is 27.9 Å². The fourth-order valence-electron chi connectivity index (χ4n) is 4.98. The largest absolute Gasteiger partial charge is 0.467 e. The van der Waals surface area contributed by atoms with Crippen molar-refractivity contribution >= 4 is 40.6 Å². The second kappa shape index (κ2) is 10.6. The number of furan rings is 1. The molecule has 1 N–H and O–H groups in total. The number of methoxy groups -OCH3 is 1. The molecule has 3 heterocycles. The number of nitrogens with one attached hydrogen (secondary N) is 1. The Balaban J connectivity index is 1.63. The van der Waals surface area contributed by atoms with Crippen LogP contribution in [0.3, 0.4) is 0 Å². The minimum absolute atomic E-state index is 0.0226. The van der Waals surface area contributed by atoms with Crippen LogP contribution in [0.4, 0.5) is 9.18 Å². The highest BCUT2D eigenvalue weighted by molar-refractivity contribution is 6.30. The van der Waals surface area contributed by atoms with E-state index in [-0.39, 0.29) is 41.7 Å². The molecule has 0 atom stereocenters. The zero-order valence-electron chi connectivity index (χ0n) is 24.6. The molecule has 9 nitrogen and oxygen atoms in total. The van der Waals surface area contributed by atoms with Crippen molar-refractivity contribution in [3.63, 3.8) is 0 Å². The molecule has 1 saturated heterocycles. The summed E-state index contributed by atoms with van der Waals surface area (Å²) in [6.07, 6.45) is 0. The number of esters is 1. The van der Waals surface area contributed by atoms with Gasteiger partial charge in [-0.25, -0.2) is 19.0 Å². The number of fused-ring (bicyclic) bond motifs is 1. The number of hydrogen-bond acceptors (Lipinski definition) is 6. The number of urea groups is 1. The second-order valence-electron chi connectivity index (χ2n) is 12.5. The fourth-order valence-corrected chi connectivity index (χ4v) is 5.10. The third kappa shape index (κ3) is 6.02. The fraction of sp³-hybridized carbons (Fsp3) is 0.467. The van der Waals surface area contributed by atoms with Crippen LogP contribution >= 0.6 is 11.6 Å². The number of piperazine rings is 1. The average molecular weight is 587 g/mol. The Morgan fingerprint density at radius 1 is 1.10 bits per heavy atom. The summed E-state index contributed by atoms with van der Waals surface area (Å²) in [4.78, 5) is 46.7. The van der Waals surface area contributed by atoms with E-state index in [2.05, 4.69) is 5.32 Å². The van der Waals surface area contributed by atoms with Gasteiger partial charge in [0.2, 0.25) is 0 Å². The van der Waals surface area contributed by atoms with Crippen LogP contribution in [0.2, 0.25) is 5.02 Å². The highest BCUT2D eigenvalue weighted by atomic mass is 35.5. The van der Waals surface area contributed by atoms with E-state index >= 15 is 0 Å². The number of carbonyl (C=O) groups excluding carboxylic acids is 3. The summed E-state index contributed by atoms with van der Waals surface area (Å²) in [5, 5.41) is 2.73. The van der Waals surface area contributed by atoms with Crippen molar-refractivity contribution in [1.29, 1.82) is 0 Å².